The lowest BCUT2D eigenvalue weighted by atomic mass is 9.96. The van der Waals surface area contributed by atoms with Gasteiger partial charge in [-0.2, -0.15) is 0 Å². The minimum atomic E-state index is 0.132. The Labute approximate surface area is 114 Å². The Kier molecular flexibility index (Phi) is 5.15. The second-order valence-electron chi connectivity index (χ2n) is 5.07. The highest BCUT2D eigenvalue weighted by Crippen LogP contribution is 2.20. The first-order valence-corrected chi connectivity index (χ1v) is 7.00. The zero-order chi connectivity index (χ0) is 13.5. The number of guanidine groups is 1. The van der Waals surface area contributed by atoms with Crippen molar-refractivity contribution in [2.75, 3.05) is 0 Å². The molecule has 1 fully saturated rings. The fourth-order valence-corrected chi connectivity index (χ4v) is 2.43. The van der Waals surface area contributed by atoms with E-state index in [1.54, 1.807) is 6.20 Å². The van der Waals surface area contributed by atoms with Crippen molar-refractivity contribution in [2.45, 2.75) is 51.1 Å². The lowest BCUT2D eigenvalue weighted by Gasteiger charge is -2.21. The van der Waals surface area contributed by atoms with Crippen LogP contribution in [0.4, 0.5) is 0 Å². The van der Waals surface area contributed by atoms with Crippen LogP contribution in [0, 0.1) is 0 Å². The lowest BCUT2D eigenvalue weighted by Crippen LogP contribution is -2.43. The molecule has 1 unspecified atom stereocenters. The molecule has 0 saturated heterocycles. The number of aromatic nitrogens is 1. The lowest BCUT2D eigenvalue weighted by molar-refractivity contribution is 0.440. The normalized spacial score (nSPS) is 18.9. The molecule has 0 bridgehead atoms. The average Bonchev–Trinajstić information content (AvgIpc) is 2.48. The van der Waals surface area contributed by atoms with Gasteiger partial charge in [-0.3, -0.25) is 10.4 Å². The number of nitrogens with two attached hydrogens (primary N) is 1. The maximum Gasteiger partial charge on any atom is 0.206 e. The Morgan fingerprint density at radius 3 is 2.84 bits per heavy atom. The molecule has 0 aliphatic heterocycles. The van der Waals surface area contributed by atoms with Gasteiger partial charge in [0.15, 0.2) is 0 Å². The first-order valence-electron chi connectivity index (χ1n) is 7.00. The fourth-order valence-electron chi connectivity index (χ4n) is 2.43. The number of hydrogen-bond donors (Lipinski definition) is 3. The van der Waals surface area contributed by atoms with Crippen LogP contribution in [0.3, 0.4) is 0 Å². The van der Waals surface area contributed by atoms with Gasteiger partial charge in [0.2, 0.25) is 5.96 Å². The van der Waals surface area contributed by atoms with Crippen LogP contribution in [0.1, 0.15) is 50.6 Å². The molecule has 2 rings (SSSR count). The van der Waals surface area contributed by atoms with E-state index >= 15 is 0 Å². The number of rotatable bonds is 3. The molecule has 104 valence electrons. The van der Waals surface area contributed by atoms with E-state index in [1.807, 2.05) is 18.3 Å². The third-order valence-electron chi connectivity index (χ3n) is 3.56. The maximum absolute atomic E-state index is 5.56. The second kappa shape index (κ2) is 7.09. The van der Waals surface area contributed by atoms with E-state index in [2.05, 4.69) is 27.6 Å². The van der Waals surface area contributed by atoms with Crippen LogP contribution in [-0.2, 0) is 0 Å². The van der Waals surface area contributed by atoms with Gasteiger partial charge < -0.3 is 5.32 Å². The molecule has 0 amide bonds. The van der Waals surface area contributed by atoms with Gasteiger partial charge in [0.05, 0.1) is 12.1 Å². The molecule has 1 atom stereocenters. The highest BCUT2D eigenvalue weighted by molar-refractivity contribution is 5.79. The largest absolute Gasteiger partial charge is 0.349 e. The molecule has 1 aliphatic rings. The van der Waals surface area contributed by atoms with E-state index in [4.69, 9.17) is 5.84 Å². The highest BCUT2D eigenvalue weighted by Gasteiger charge is 2.14. The summed E-state index contributed by atoms with van der Waals surface area (Å²) in [5, 5.41) is 3.30. The summed E-state index contributed by atoms with van der Waals surface area (Å²) in [7, 11) is 0. The number of nitrogens with one attached hydrogen (secondary N) is 2. The Balaban J connectivity index is 1.96. The number of hydrogen-bond acceptors (Lipinski definition) is 3. The molecule has 1 saturated carbocycles. The van der Waals surface area contributed by atoms with E-state index in [0.717, 1.165) is 18.4 Å². The van der Waals surface area contributed by atoms with Gasteiger partial charge in [-0.05, 0) is 31.4 Å². The SMILES string of the molecule is CC(NC(=NC1CCCCC1)NN)c1cccnc1. The molecule has 4 N–H and O–H groups in total. The van der Waals surface area contributed by atoms with Crippen molar-refractivity contribution < 1.29 is 0 Å². The van der Waals surface area contributed by atoms with E-state index in [9.17, 15) is 0 Å². The predicted molar refractivity (Wildman–Crippen MR) is 77.4 cm³/mol. The summed E-state index contributed by atoms with van der Waals surface area (Å²) in [5.41, 5.74) is 3.79. The molecule has 0 spiro atoms. The van der Waals surface area contributed by atoms with Crippen LogP contribution >= 0.6 is 0 Å². The Morgan fingerprint density at radius 1 is 1.42 bits per heavy atom. The summed E-state index contributed by atoms with van der Waals surface area (Å²) < 4.78 is 0. The predicted octanol–water partition coefficient (Wildman–Crippen LogP) is 1.88. The molecule has 0 aromatic carbocycles. The van der Waals surface area contributed by atoms with Crippen molar-refractivity contribution in [1.29, 1.82) is 0 Å². The summed E-state index contributed by atoms with van der Waals surface area (Å²) in [6.07, 6.45) is 9.81. The first-order chi connectivity index (χ1) is 9.29. The third kappa shape index (κ3) is 4.21. The van der Waals surface area contributed by atoms with Crippen LogP contribution in [0.25, 0.3) is 0 Å². The monoisotopic (exact) mass is 261 g/mol. The number of pyridine rings is 1. The highest BCUT2D eigenvalue weighted by atomic mass is 15.3. The molecule has 5 heteroatoms. The molecular formula is C14H23N5. The van der Waals surface area contributed by atoms with Gasteiger partial charge >= 0.3 is 0 Å². The molecule has 1 aliphatic carbocycles. The molecule has 19 heavy (non-hydrogen) atoms. The smallest absolute Gasteiger partial charge is 0.206 e. The van der Waals surface area contributed by atoms with Crippen LogP contribution in [0.5, 0.6) is 0 Å². The second-order valence-corrected chi connectivity index (χ2v) is 5.07. The molecule has 1 aromatic heterocycles. The Morgan fingerprint density at radius 2 is 2.21 bits per heavy atom. The topological polar surface area (TPSA) is 75.3 Å². The zero-order valence-corrected chi connectivity index (χ0v) is 11.5. The quantitative estimate of drug-likeness (QED) is 0.336. The van der Waals surface area contributed by atoms with E-state index in [-0.39, 0.29) is 6.04 Å². The fraction of sp³-hybridized carbons (Fsp3) is 0.571. The molecule has 5 nitrogen and oxygen atoms in total. The van der Waals surface area contributed by atoms with Crippen LogP contribution < -0.4 is 16.6 Å². The van der Waals surface area contributed by atoms with Gasteiger partial charge in [0, 0.05) is 12.4 Å². The molecule has 0 radical (unpaired) electrons. The summed E-state index contributed by atoms with van der Waals surface area (Å²) in [6, 6.07) is 4.50. The number of nitrogens with zero attached hydrogens (tertiary/aromatic N) is 2. The van der Waals surface area contributed by atoms with Gasteiger partial charge in [-0.25, -0.2) is 10.8 Å². The van der Waals surface area contributed by atoms with Crippen molar-refractivity contribution >= 4 is 5.96 Å². The van der Waals surface area contributed by atoms with Crippen LogP contribution in [0.15, 0.2) is 29.5 Å². The van der Waals surface area contributed by atoms with Gasteiger partial charge in [0.25, 0.3) is 0 Å². The molecule has 1 aromatic rings. The Bertz CT molecular complexity index is 398. The van der Waals surface area contributed by atoms with E-state index < -0.39 is 0 Å². The standard InChI is InChI=1S/C14H23N5/c1-11(12-6-5-9-16-10-12)17-14(19-15)18-13-7-3-2-4-8-13/h5-6,9-11,13H,2-4,7-8,15H2,1H3,(H2,17,18,19). The van der Waals surface area contributed by atoms with E-state index in [0.29, 0.717) is 12.0 Å². The summed E-state index contributed by atoms with van der Waals surface area (Å²) in [6.45, 7) is 2.07. The molecular weight excluding hydrogens is 238 g/mol. The zero-order valence-electron chi connectivity index (χ0n) is 11.5. The number of hydrazine groups is 1. The van der Waals surface area contributed by atoms with Gasteiger partial charge in [-0.15, -0.1) is 0 Å². The summed E-state index contributed by atoms with van der Waals surface area (Å²) >= 11 is 0. The average molecular weight is 261 g/mol. The van der Waals surface area contributed by atoms with Crippen LogP contribution in [-0.4, -0.2) is 17.0 Å². The van der Waals surface area contributed by atoms with E-state index in [1.165, 1.54) is 19.3 Å². The van der Waals surface area contributed by atoms with Crippen LogP contribution in [0.2, 0.25) is 0 Å². The van der Waals surface area contributed by atoms with Crippen molar-refractivity contribution in [3.8, 4) is 0 Å². The van der Waals surface area contributed by atoms with Crippen molar-refractivity contribution in [1.82, 2.24) is 15.7 Å². The minimum absolute atomic E-state index is 0.132. The minimum Gasteiger partial charge on any atom is -0.349 e. The maximum atomic E-state index is 5.56. The van der Waals surface area contributed by atoms with Crippen molar-refractivity contribution in [3.63, 3.8) is 0 Å². The first kappa shape index (κ1) is 13.8. The van der Waals surface area contributed by atoms with Gasteiger partial charge in [0.1, 0.15) is 0 Å². The third-order valence-corrected chi connectivity index (χ3v) is 3.56. The van der Waals surface area contributed by atoms with Gasteiger partial charge in [-0.1, -0.05) is 25.3 Å². The summed E-state index contributed by atoms with van der Waals surface area (Å²) in [5.74, 6) is 6.23. The number of aliphatic imine (C=N–C) groups is 1. The summed E-state index contributed by atoms with van der Waals surface area (Å²) in [4.78, 5) is 8.79. The molecule has 1 heterocycles. The van der Waals surface area contributed by atoms with Crippen molar-refractivity contribution in [3.05, 3.63) is 30.1 Å². The van der Waals surface area contributed by atoms with Crippen molar-refractivity contribution in [2.24, 2.45) is 10.8 Å². The Hall–Kier alpha value is -1.62.